The first-order chi connectivity index (χ1) is 19.5. The number of thioether (sulfide) groups is 1. The van der Waals surface area contributed by atoms with Crippen molar-refractivity contribution < 1.29 is 26.4 Å². The molecule has 1 saturated carbocycles. The van der Waals surface area contributed by atoms with Gasteiger partial charge in [0, 0.05) is 24.2 Å². The molecule has 0 saturated heterocycles. The van der Waals surface area contributed by atoms with E-state index in [0.717, 1.165) is 60.5 Å². The van der Waals surface area contributed by atoms with Crippen molar-refractivity contribution in [3.63, 3.8) is 0 Å². The highest BCUT2D eigenvalue weighted by atomic mass is 35.5. The van der Waals surface area contributed by atoms with Crippen LogP contribution in [-0.4, -0.2) is 34.2 Å². The fourth-order valence-corrected chi connectivity index (χ4v) is 6.35. The van der Waals surface area contributed by atoms with E-state index in [-0.39, 0.29) is 16.0 Å². The molecule has 0 aliphatic heterocycles. The van der Waals surface area contributed by atoms with E-state index in [0.29, 0.717) is 11.5 Å². The van der Waals surface area contributed by atoms with Crippen molar-refractivity contribution in [2.45, 2.75) is 28.9 Å². The third-order valence-electron chi connectivity index (χ3n) is 6.16. The number of benzene rings is 2. The molecular formula is C27H19ClF3N5O3S2. The maximum atomic E-state index is 15.7. The van der Waals surface area contributed by atoms with Crippen molar-refractivity contribution in [2.24, 2.45) is 0 Å². The molecule has 0 spiro atoms. The summed E-state index contributed by atoms with van der Waals surface area (Å²) in [6.07, 6.45) is 6.55. The molecule has 2 N–H and O–H groups in total. The second-order valence-electron chi connectivity index (χ2n) is 9.05. The smallest absolute Gasteiger partial charge is 0.267 e. The number of hydrogen-bond donors (Lipinski definition) is 2. The molecule has 210 valence electrons. The van der Waals surface area contributed by atoms with Gasteiger partial charge in [0.25, 0.3) is 10.0 Å². The standard InChI is InChI=1S/C27H19ClF3N5O3S2/c28-27-34-10-9-21(35-27)24(40-26(32)16-11-15(12-33-13-16)14-7-8-14)23(37)17-3-1-6-20(22(17)31)36-41(38,39)25-18(29)4-2-5-19(25)30/h1-6,9-14,24,32,36H,7-8H2. The van der Waals surface area contributed by atoms with Crippen LogP contribution in [0.25, 0.3) is 0 Å². The Bertz CT molecular complexity index is 1770. The minimum atomic E-state index is -4.91. The summed E-state index contributed by atoms with van der Waals surface area (Å²) in [4.78, 5) is 24.5. The van der Waals surface area contributed by atoms with Gasteiger partial charge in [-0.25, -0.2) is 31.6 Å². The lowest BCUT2D eigenvalue weighted by Gasteiger charge is -2.18. The normalized spacial score (nSPS) is 14.0. The maximum absolute atomic E-state index is 15.7. The lowest BCUT2D eigenvalue weighted by atomic mass is 10.0. The van der Waals surface area contributed by atoms with E-state index in [1.165, 1.54) is 24.5 Å². The Morgan fingerprint density at radius 3 is 2.46 bits per heavy atom. The highest BCUT2D eigenvalue weighted by molar-refractivity contribution is 8.15. The van der Waals surface area contributed by atoms with Crippen molar-refractivity contribution in [3.8, 4) is 0 Å². The SMILES string of the molecule is N=C(SC(C(=O)c1cccc(NS(=O)(=O)c2c(F)cccc2F)c1F)c1ccnc(Cl)n1)c1cncc(C2CC2)c1. The van der Waals surface area contributed by atoms with Gasteiger partial charge in [-0.15, -0.1) is 0 Å². The number of Topliss-reactive ketones (excluding diaryl/α,β-unsaturated/α-hetero) is 1. The number of nitrogens with one attached hydrogen (secondary N) is 2. The molecule has 8 nitrogen and oxygen atoms in total. The molecule has 1 unspecified atom stereocenters. The van der Waals surface area contributed by atoms with Gasteiger partial charge in [-0.1, -0.05) is 23.9 Å². The van der Waals surface area contributed by atoms with Crippen LogP contribution < -0.4 is 4.72 Å². The largest absolute Gasteiger partial charge is 0.293 e. The first kappa shape index (κ1) is 28.7. The summed E-state index contributed by atoms with van der Waals surface area (Å²) in [6.45, 7) is 0. The third kappa shape index (κ3) is 6.26. The number of nitrogens with zero attached hydrogens (tertiary/aromatic N) is 3. The number of halogens is 4. The minimum Gasteiger partial charge on any atom is -0.293 e. The zero-order valence-electron chi connectivity index (χ0n) is 20.8. The Labute approximate surface area is 242 Å². The van der Waals surface area contributed by atoms with Gasteiger partial charge in [-0.2, -0.15) is 0 Å². The van der Waals surface area contributed by atoms with E-state index in [1.807, 2.05) is 10.8 Å². The van der Waals surface area contributed by atoms with Crippen molar-refractivity contribution in [1.82, 2.24) is 15.0 Å². The number of sulfonamides is 1. The number of carbonyl (C=O) groups excluding carboxylic acids is 1. The summed E-state index contributed by atoms with van der Waals surface area (Å²) >= 11 is 6.72. The molecule has 41 heavy (non-hydrogen) atoms. The number of carbonyl (C=O) groups is 1. The Kier molecular flexibility index (Phi) is 8.11. The molecule has 1 fully saturated rings. The number of aromatic nitrogens is 3. The summed E-state index contributed by atoms with van der Waals surface area (Å²) in [6, 6.07) is 9.00. The topological polar surface area (TPSA) is 126 Å². The molecule has 0 amide bonds. The molecular weight excluding hydrogens is 599 g/mol. The van der Waals surface area contributed by atoms with E-state index in [4.69, 9.17) is 17.0 Å². The van der Waals surface area contributed by atoms with Crippen molar-refractivity contribution in [2.75, 3.05) is 4.72 Å². The maximum Gasteiger partial charge on any atom is 0.267 e. The Balaban J connectivity index is 1.49. The van der Waals surface area contributed by atoms with Gasteiger partial charge in [0.05, 0.1) is 22.0 Å². The summed E-state index contributed by atoms with van der Waals surface area (Å²) < 4.78 is 71.3. The average molecular weight is 618 g/mol. The Morgan fingerprint density at radius 1 is 1.07 bits per heavy atom. The third-order valence-corrected chi connectivity index (χ3v) is 8.92. The van der Waals surface area contributed by atoms with Gasteiger partial charge < -0.3 is 0 Å². The number of hydrogen-bond acceptors (Lipinski definition) is 8. The number of rotatable bonds is 9. The summed E-state index contributed by atoms with van der Waals surface area (Å²) in [5.41, 5.74) is 0.239. The van der Waals surface area contributed by atoms with E-state index >= 15 is 4.39 Å². The molecule has 14 heteroatoms. The van der Waals surface area contributed by atoms with E-state index in [9.17, 15) is 22.0 Å². The number of pyridine rings is 1. The molecule has 2 heterocycles. The zero-order chi connectivity index (χ0) is 29.3. The van der Waals surface area contributed by atoms with Crippen molar-refractivity contribution in [1.29, 1.82) is 5.41 Å². The quantitative estimate of drug-likeness (QED) is 0.0976. The summed E-state index contributed by atoms with van der Waals surface area (Å²) in [5.74, 6) is -4.53. The van der Waals surface area contributed by atoms with E-state index in [1.54, 1.807) is 6.20 Å². The fraction of sp³-hybridized carbons (Fsp3) is 0.148. The average Bonchev–Trinajstić information content (AvgIpc) is 3.78. The van der Waals surface area contributed by atoms with Crippen LogP contribution in [0.3, 0.4) is 0 Å². The van der Waals surface area contributed by atoms with Crippen LogP contribution >= 0.6 is 23.4 Å². The second kappa shape index (κ2) is 11.6. The van der Waals surface area contributed by atoms with Gasteiger partial charge >= 0.3 is 0 Å². The molecule has 1 atom stereocenters. The van der Waals surface area contributed by atoms with Gasteiger partial charge in [0.2, 0.25) is 5.28 Å². The van der Waals surface area contributed by atoms with Crippen LogP contribution in [-0.2, 0) is 10.0 Å². The number of ketones is 1. The van der Waals surface area contributed by atoms with Crippen LogP contribution in [0.15, 0.2) is 72.0 Å². The predicted molar refractivity (Wildman–Crippen MR) is 148 cm³/mol. The summed E-state index contributed by atoms with van der Waals surface area (Å²) in [7, 11) is -4.91. The minimum absolute atomic E-state index is 0.0413. The van der Waals surface area contributed by atoms with Crippen molar-refractivity contribution in [3.05, 3.63) is 112 Å². The highest BCUT2D eigenvalue weighted by Crippen LogP contribution is 2.41. The molecule has 0 radical (unpaired) electrons. The first-order valence-electron chi connectivity index (χ1n) is 12.0. The van der Waals surface area contributed by atoms with Crippen LogP contribution in [0.2, 0.25) is 5.28 Å². The molecule has 2 aromatic carbocycles. The van der Waals surface area contributed by atoms with Crippen LogP contribution in [0.1, 0.15) is 51.2 Å². The lowest BCUT2D eigenvalue weighted by molar-refractivity contribution is 0.0985. The Morgan fingerprint density at radius 2 is 1.78 bits per heavy atom. The van der Waals surface area contributed by atoms with Crippen molar-refractivity contribution >= 4 is 49.9 Å². The van der Waals surface area contributed by atoms with E-state index in [2.05, 4.69) is 15.0 Å². The molecule has 5 rings (SSSR count). The van der Waals surface area contributed by atoms with Crippen LogP contribution in [0.5, 0.6) is 0 Å². The molecule has 0 bridgehead atoms. The Hall–Kier alpha value is -3.81. The molecule has 4 aromatic rings. The first-order valence-corrected chi connectivity index (χ1v) is 14.8. The van der Waals surface area contributed by atoms with Gasteiger partial charge in [-0.3, -0.25) is 19.9 Å². The number of anilines is 1. The molecule has 1 aliphatic carbocycles. The van der Waals surface area contributed by atoms with E-state index < -0.39 is 54.7 Å². The predicted octanol–water partition coefficient (Wildman–Crippen LogP) is 6.30. The summed E-state index contributed by atoms with van der Waals surface area (Å²) in [5, 5.41) is 7.15. The monoisotopic (exact) mass is 617 g/mol. The second-order valence-corrected chi connectivity index (χ2v) is 12.1. The molecule has 1 aliphatic rings. The molecule has 2 aromatic heterocycles. The van der Waals surface area contributed by atoms with Crippen LogP contribution in [0, 0.1) is 22.9 Å². The highest BCUT2D eigenvalue weighted by Gasteiger charge is 2.32. The lowest BCUT2D eigenvalue weighted by Crippen LogP contribution is -2.19. The van der Waals surface area contributed by atoms with Gasteiger partial charge in [-0.05, 0) is 72.3 Å². The fourth-order valence-electron chi connectivity index (χ4n) is 4.03. The zero-order valence-corrected chi connectivity index (χ0v) is 23.2. The van der Waals surface area contributed by atoms with Gasteiger partial charge in [0.1, 0.15) is 16.9 Å². The van der Waals surface area contributed by atoms with Crippen LogP contribution in [0.4, 0.5) is 18.9 Å². The van der Waals surface area contributed by atoms with Gasteiger partial charge in [0.15, 0.2) is 16.5 Å².